The molecule has 0 aliphatic carbocycles. The van der Waals surface area contributed by atoms with Crippen molar-refractivity contribution >= 4 is 17.3 Å². The molecule has 13 heavy (non-hydrogen) atoms. The molecule has 1 N–H and O–H groups in total. The van der Waals surface area contributed by atoms with Gasteiger partial charge in [0, 0.05) is 30.3 Å². The first kappa shape index (κ1) is 8.85. The van der Waals surface area contributed by atoms with E-state index in [1.807, 2.05) is 24.3 Å². The topological polar surface area (TPSA) is 15.3 Å². The number of nitrogens with zero attached hydrogens (tertiary/aromatic N) is 1. The van der Waals surface area contributed by atoms with Crippen LogP contribution < -0.4 is 10.2 Å². The summed E-state index contributed by atoms with van der Waals surface area (Å²) >= 11 is 5.81. The molecule has 1 radical (unpaired) electrons. The van der Waals surface area contributed by atoms with Crippen LogP contribution in [-0.2, 0) is 0 Å². The maximum absolute atomic E-state index is 5.81. The zero-order chi connectivity index (χ0) is 9.10. The van der Waals surface area contributed by atoms with Crippen LogP contribution in [0.5, 0.6) is 0 Å². The van der Waals surface area contributed by atoms with Gasteiger partial charge in [-0.25, -0.2) is 0 Å². The molecule has 1 heterocycles. The molecule has 0 unspecified atom stereocenters. The van der Waals surface area contributed by atoms with Crippen LogP contribution in [0.4, 0.5) is 5.69 Å². The van der Waals surface area contributed by atoms with Gasteiger partial charge >= 0.3 is 0 Å². The summed E-state index contributed by atoms with van der Waals surface area (Å²) in [5.74, 6) is 0. The van der Waals surface area contributed by atoms with E-state index in [1.54, 1.807) is 0 Å². The van der Waals surface area contributed by atoms with Crippen LogP contribution in [0.3, 0.4) is 0 Å². The molecule has 2 rings (SSSR count). The predicted octanol–water partition coefficient (Wildman–Crippen LogP) is 1.91. The molecule has 0 amide bonds. The zero-order valence-electron chi connectivity index (χ0n) is 7.33. The van der Waals surface area contributed by atoms with Crippen LogP contribution in [0.1, 0.15) is 0 Å². The lowest BCUT2D eigenvalue weighted by molar-refractivity contribution is 0.640. The molecule has 0 bridgehead atoms. The number of anilines is 1. The van der Waals surface area contributed by atoms with Gasteiger partial charge in [-0.1, -0.05) is 11.6 Å². The normalized spacial score (nSPS) is 17.5. The molecule has 1 aromatic rings. The van der Waals surface area contributed by atoms with Gasteiger partial charge in [0.2, 0.25) is 0 Å². The molecule has 2 nitrogen and oxygen atoms in total. The quantitative estimate of drug-likeness (QED) is 0.737. The van der Waals surface area contributed by atoms with Crippen molar-refractivity contribution in [1.29, 1.82) is 0 Å². The first-order chi connectivity index (χ1) is 6.36. The Hall–Kier alpha value is -0.730. The molecule has 1 aromatic carbocycles. The maximum atomic E-state index is 5.81. The van der Waals surface area contributed by atoms with E-state index in [4.69, 9.17) is 11.6 Å². The second-order valence-corrected chi connectivity index (χ2v) is 3.49. The van der Waals surface area contributed by atoms with Gasteiger partial charge in [-0.15, -0.1) is 0 Å². The number of rotatable bonds is 1. The minimum atomic E-state index is 0.791. The Morgan fingerprint density at radius 2 is 2.00 bits per heavy atom. The third-order valence-corrected chi connectivity index (χ3v) is 2.40. The van der Waals surface area contributed by atoms with E-state index in [9.17, 15) is 0 Å². The molecular formula is C10H12ClN2. The molecule has 69 valence electrons. The largest absolute Gasteiger partial charge is 0.364 e. The predicted molar refractivity (Wildman–Crippen MR) is 56.0 cm³/mol. The van der Waals surface area contributed by atoms with Gasteiger partial charge in [0.1, 0.15) is 0 Å². The second kappa shape index (κ2) is 3.99. The number of hydrogen-bond donors (Lipinski definition) is 1. The highest BCUT2D eigenvalue weighted by Gasteiger charge is 2.09. The van der Waals surface area contributed by atoms with E-state index >= 15 is 0 Å². The van der Waals surface area contributed by atoms with Gasteiger partial charge in [-0.05, 0) is 24.3 Å². The molecule has 0 spiro atoms. The SMILES string of the molecule is Clc1ccc(N2[CH]CNCC2)cc1. The maximum Gasteiger partial charge on any atom is 0.0630 e. The van der Waals surface area contributed by atoms with Crippen molar-refractivity contribution < 1.29 is 0 Å². The number of hydrogen-bond acceptors (Lipinski definition) is 2. The number of halogens is 1. The van der Waals surface area contributed by atoms with E-state index < -0.39 is 0 Å². The lowest BCUT2D eigenvalue weighted by Crippen LogP contribution is -2.39. The molecule has 1 saturated heterocycles. The van der Waals surface area contributed by atoms with Crippen LogP contribution in [-0.4, -0.2) is 19.6 Å². The highest BCUT2D eigenvalue weighted by molar-refractivity contribution is 6.30. The Kier molecular flexibility index (Phi) is 2.71. The molecule has 3 heteroatoms. The smallest absolute Gasteiger partial charge is 0.0630 e. The van der Waals surface area contributed by atoms with Gasteiger partial charge < -0.3 is 10.2 Å². The number of piperazine rings is 1. The Balaban J connectivity index is 2.10. The Morgan fingerprint density at radius 1 is 1.23 bits per heavy atom. The van der Waals surface area contributed by atoms with Crippen molar-refractivity contribution in [1.82, 2.24) is 5.32 Å². The van der Waals surface area contributed by atoms with E-state index in [0.717, 1.165) is 24.7 Å². The molecule has 0 aromatic heterocycles. The highest BCUT2D eigenvalue weighted by atomic mass is 35.5. The van der Waals surface area contributed by atoms with E-state index in [-0.39, 0.29) is 0 Å². The van der Waals surface area contributed by atoms with Gasteiger partial charge in [-0.2, -0.15) is 0 Å². The summed E-state index contributed by atoms with van der Waals surface area (Å²) in [6.45, 7) is 5.18. The molecule has 1 fully saturated rings. The molecule has 1 aliphatic heterocycles. The lowest BCUT2D eigenvalue weighted by Gasteiger charge is -2.28. The second-order valence-electron chi connectivity index (χ2n) is 3.06. The van der Waals surface area contributed by atoms with E-state index in [2.05, 4.69) is 16.8 Å². The summed E-state index contributed by atoms with van der Waals surface area (Å²) in [5.41, 5.74) is 1.21. The Morgan fingerprint density at radius 3 is 2.62 bits per heavy atom. The zero-order valence-corrected chi connectivity index (χ0v) is 8.09. The minimum Gasteiger partial charge on any atom is -0.364 e. The lowest BCUT2D eigenvalue weighted by atomic mass is 10.2. The highest BCUT2D eigenvalue weighted by Crippen LogP contribution is 2.19. The summed E-state index contributed by atoms with van der Waals surface area (Å²) in [7, 11) is 0. The Labute approximate surface area is 83.5 Å². The van der Waals surface area contributed by atoms with E-state index in [0.29, 0.717) is 0 Å². The van der Waals surface area contributed by atoms with Gasteiger partial charge in [0.15, 0.2) is 0 Å². The van der Waals surface area contributed by atoms with Crippen molar-refractivity contribution in [3.8, 4) is 0 Å². The molecule has 1 aliphatic rings. The van der Waals surface area contributed by atoms with Crippen LogP contribution in [0.15, 0.2) is 24.3 Å². The first-order valence-corrected chi connectivity index (χ1v) is 4.80. The molecule has 0 saturated carbocycles. The van der Waals surface area contributed by atoms with Crippen molar-refractivity contribution in [2.75, 3.05) is 24.5 Å². The average Bonchev–Trinajstić information content (AvgIpc) is 2.20. The fraction of sp³-hybridized carbons (Fsp3) is 0.300. The van der Waals surface area contributed by atoms with Gasteiger partial charge in [-0.3, -0.25) is 0 Å². The number of benzene rings is 1. The van der Waals surface area contributed by atoms with E-state index in [1.165, 1.54) is 5.69 Å². The van der Waals surface area contributed by atoms with Gasteiger partial charge in [0.25, 0.3) is 0 Å². The van der Waals surface area contributed by atoms with Crippen molar-refractivity contribution in [2.24, 2.45) is 0 Å². The molecular weight excluding hydrogens is 184 g/mol. The number of nitrogens with one attached hydrogen (secondary N) is 1. The summed E-state index contributed by atoms with van der Waals surface area (Å²) in [5, 5.41) is 4.06. The van der Waals surface area contributed by atoms with Gasteiger partial charge in [0.05, 0.1) is 6.54 Å². The summed E-state index contributed by atoms with van der Waals surface area (Å²) in [4.78, 5) is 2.24. The monoisotopic (exact) mass is 195 g/mol. The van der Waals surface area contributed by atoms with Crippen molar-refractivity contribution in [2.45, 2.75) is 0 Å². The van der Waals surface area contributed by atoms with Crippen LogP contribution in [0.25, 0.3) is 0 Å². The fourth-order valence-electron chi connectivity index (χ4n) is 1.43. The summed E-state index contributed by atoms with van der Waals surface area (Å²) < 4.78 is 0. The average molecular weight is 196 g/mol. The third kappa shape index (κ3) is 2.14. The van der Waals surface area contributed by atoms with Crippen LogP contribution in [0.2, 0.25) is 5.02 Å². The van der Waals surface area contributed by atoms with Crippen LogP contribution >= 0.6 is 11.6 Å². The molecule has 0 atom stereocenters. The van der Waals surface area contributed by atoms with Crippen LogP contribution in [0, 0.1) is 6.54 Å². The first-order valence-electron chi connectivity index (χ1n) is 4.42. The summed E-state index contributed by atoms with van der Waals surface area (Å²) in [6.07, 6.45) is 0. The minimum absolute atomic E-state index is 0.791. The van der Waals surface area contributed by atoms with Crippen molar-refractivity contribution in [3.63, 3.8) is 0 Å². The fourth-order valence-corrected chi connectivity index (χ4v) is 1.56. The summed E-state index contributed by atoms with van der Waals surface area (Å²) in [6, 6.07) is 7.94. The standard InChI is InChI=1S/C10H12ClN2/c11-9-1-3-10(4-2-9)13-7-5-12-6-8-13/h1-4,7,12H,5-6,8H2. The third-order valence-electron chi connectivity index (χ3n) is 2.14. The Bertz CT molecular complexity index is 265. The van der Waals surface area contributed by atoms with Crippen molar-refractivity contribution in [3.05, 3.63) is 35.8 Å².